The Morgan fingerprint density at radius 2 is 1.92 bits per heavy atom. The lowest BCUT2D eigenvalue weighted by Crippen LogP contribution is -2.30. The smallest absolute Gasteiger partial charge is 0.340 e. The Bertz CT molecular complexity index is 930. The minimum atomic E-state index is -3.61. The highest BCUT2D eigenvalue weighted by atomic mass is 35.5. The minimum absolute atomic E-state index is 0.0961. The molecule has 1 aromatic carbocycles. The van der Waals surface area contributed by atoms with Crippen molar-refractivity contribution >= 4 is 39.0 Å². The fourth-order valence-corrected chi connectivity index (χ4v) is 3.30. The Kier molecular flexibility index (Phi) is 6.33. The van der Waals surface area contributed by atoms with Crippen LogP contribution in [0.2, 0.25) is 5.15 Å². The Balaban J connectivity index is 2.15. The van der Waals surface area contributed by atoms with E-state index in [4.69, 9.17) is 16.3 Å². The van der Waals surface area contributed by atoms with Crippen molar-refractivity contribution in [1.29, 1.82) is 0 Å². The summed E-state index contributed by atoms with van der Waals surface area (Å²) in [6, 6.07) is 8.84. The molecule has 0 aliphatic rings. The predicted octanol–water partition coefficient (Wildman–Crippen LogP) is 2.71. The van der Waals surface area contributed by atoms with Crippen molar-refractivity contribution in [2.24, 2.45) is 0 Å². The minimum Gasteiger partial charge on any atom is -0.449 e. The van der Waals surface area contributed by atoms with Gasteiger partial charge in [0.2, 0.25) is 0 Å². The number of nitrogens with one attached hydrogen (secondary N) is 1. The zero-order valence-corrected chi connectivity index (χ0v) is 15.7. The van der Waals surface area contributed by atoms with Gasteiger partial charge in [-0.1, -0.05) is 30.7 Å². The molecule has 9 heteroatoms. The van der Waals surface area contributed by atoms with Gasteiger partial charge < -0.3 is 10.1 Å². The maximum Gasteiger partial charge on any atom is 0.340 e. The molecule has 0 unspecified atom stereocenters. The van der Waals surface area contributed by atoms with Gasteiger partial charge in [-0.3, -0.25) is 4.79 Å². The first-order chi connectivity index (χ1) is 12.3. The average Bonchev–Trinajstić information content (AvgIpc) is 2.63. The van der Waals surface area contributed by atoms with Gasteiger partial charge in [-0.25, -0.2) is 18.2 Å². The number of rotatable bonds is 6. The molecule has 0 bridgehead atoms. The molecule has 0 spiro atoms. The summed E-state index contributed by atoms with van der Waals surface area (Å²) in [5.74, 6) is -1.69. The Labute approximate surface area is 156 Å². The number of ether oxygens (including phenoxy) is 1. The van der Waals surface area contributed by atoms with E-state index in [1.807, 2.05) is 0 Å². The predicted molar refractivity (Wildman–Crippen MR) is 96.9 cm³/mol. The Morgan fingerprint density at radius 3 is 2.58 bits per heavy atom. The van der Waals surface area contributed by atoms with Gasteiger partial charge in [-0.05, 0) is 31.2 Å². The summed E-state index contributed by atoms with van der Waals surface area (Å²) in [4.78, 5) is 28.2. The molecule has 26 heavy (non-hydrogen) atoms. The summed E-state index contributed by atoms with van der Waals surface area (Å²) in [7, 11) is -3.61. The second kappa shape index (κ2) is 8.29. The third-order valence-corrected chi connectivity index (χ3v) is 5.58. The van der Waals surface area contributed by atoms with E-state index in [2.05, 4.69) is 10.3 Å². The van der Waals surface area contributed by atoms with E-state index in [0.717, 1.165) is 0 Å². The molecule has 1 atom stereocenters. The van der Waals surface area contributed by atoms with Gasteiger partial charge in [-0.15, -0.1) is 0 Å². The van der Waals surface area contributed by atoms with Crippen LogP contribution in [0.15, 0.2) is 47.5 Å². The first kappa shape index (κ1) is 19.9. The molecule has 0 fully saturated rings. The first-order valence-electron chi connectivity index (χ1n) is 7.70. The van der Waals surface area contributed by atoms with Crippen LogP contribution < -0.4 is 5.32 Å². The van der Waals surface area contributed by atoms with Crippen LogP contribution in [0, 0.1) is 0 Å². The molecule has 0 aliphatic carbocycles. The zero-order chi connectivity index (χ0) is 19.3. The fraction of sp³-hybridized carbons (Fsp3) is 0.235. The van der Waals surface area contributed by atoms with Crippen LogP contribution in [0.5, 0.6) is 0 Å². The van der Waals surface area contributed by atoms with Crippen molar-refractivity contribution in [2.75, 3.05) is 11.1 Å². The SMILES string of the molecule is CCS(=O)(=O)c1ccccc1C(=O)O[C@H](C)C(=O)Nc1cccnc1Cl. The number of hydrogen-bond acceptors (Lipinski definition) is 6. The summed E-state index contributed by atoms with van der Waals surface area (Å²) in [5.41, 5.74) is 0.157. The molecular formula is C17H17ClN2O5S. The first-order valence-corrected chi connectivity index (χ1v) is 9.73. The number of anilines is 1. The molecule has 2 aromatic rings. The van der Waals surface area contributed by atoms with Crippen molar-refractivity contribution < 1.29 is 22.7 Å². The van der Waals surface area contributed by atoms with Gasteiger partial charge in [0, 0.05) is 6.20 Å². The van der Waals surface area contributed by atoms with Crippen LogP contribution >= 0.6 is 11.6 Å². The quantitative estimate of drug-likeness (QED) is 0.594. The number of carbonyl (C=O) groups excluding carboxylic acids is 2. The van der Waals surface area contributed by atoms with Crippen LogP contribution in [0.4, 0.5) is 5.69 Å². The third-order valence-electron chi connectivity index (χ3n) is 3.49. The zero-order valence-electron chi connectivity index (χ0n) is 14.1. The number of pyridine rings is 1. The highest BCUT2D eigenvalue weighted by Gasteiger charge is 2.25. The van der Waals surface area contributed by atoms with Crippen molar-refractivity contribution in [3.63, 3.8) is 0 Å². The number of carbonyl (C=O) groups is 2. The van der Waals surface area contributed by atoms with E-state index in [1.165, 1.54) is 44.3 Å². The lowest BCUT2D eigenvalue weighted by molar-refractivity contribution is -0.123. The summed E-state index contributed by atoms with van der Waals surface area (Å²) < 4.78 is 29.3. The normalized spacial score (nSPS) is 12.3. The topological polar surface area (TPSA) is 102 Å². The molecule has 1 N–H and O–H groups in total. The fourth-order valence-electron chi connectivity index (χ4n) is 2.05. The number of halogens is 1. The second-order valence-corrected chi connectivity index (χ2v) is 7.88. The molecule has 1 aromatic heterocycles. The van der Waals surface area contributed by atoms with Crippen molar-refractivity contribution in [2.45, 2.75) is 24.8 Å². The van der Waals surface area contributed by atoms with E-state index >= 15 is 0 Å². The molecule has 0 aliphatic heterocycles. The summed E-state index contributed by atoms with van der Waals surface area (Å²) in [6.45, 7) is 2.85. The molecule has 0 saturated carbocycles. The molecule has 2 rings (SSSR count). The van der Waals surface area contributed by atoms with Crippen LogP contribution in [0.3, 0.4) is 0 Å². The van der Waals surface area contributed by atoms with E-state index in [0.29, 0.717) is 0 Å². The average molecular weight is 397 g/mol. The van der Waals surface area contributed by atoms with E-state index in [-0.39, 0.29) is 27.1 Å². The number of nitrogens with zero attached hydrogens (tertiary/aromatic N) is 1. The van der Waals surface area contributed by atoms with E-state index in [1.54, 1.807) is 12.1 Å². The van der Waals surface area contributed by atoms with Gasteiger partial charge in [0.15, 0.2) is 21.1 Å². The van der Waals surface area contributed by atoms with Crippen LogP contribution in [-0.4, -0.2) is 37.1 Å². The number of esters is 1. The monoisotopic (exact) mass is 396 g/mol. The van der Waals surface area contributed by atoms with Gasteiger partial charge in [0.05, 0.1) is 21.9 Å². The summed E-state index contributed by atoms with van der Waals surface area (Å²) in [5, 5.41) is 2.59. The Morgan fingerprint density at radius 1 is 1.23 bits per heavy atom. The van der Waals surface area contributed by atoms with Gasteiger partial charge in [0.25, 0.3) is 5.91 Å². The standard InChI is InChI=1S/C17H17ClN2O5S/c1-3-26(23,24)14-9-5-4-7-12(14)17(22)25-11(2)16(21)20-13-8-6-10-19-15(13)18/h4-11H,3H2,1-2H3,(H,20,21)/t11-/m1/s1. The highest BCUT2D eigenvalue weighted by Crippen LogP contribution is 2.20. The summed E-state index contributed by atoms with van der Waals surface area (Å²) in [6.07, 6.45) is 0.295. The molecule has 1 amide bonds. The maximum atomic E-state index is 12.4. The number of hydrogen-bond donors (Lipinski definition) is 1. The molecule has 7 nitrogen and oxygen atoms in total. The van der Waals surface area contributed by atoms with Gasteiger partial charge in [0.1, 0.15) is 0 Å². The largest absolute Gasteiger partial charge is 0.449 e. The van der Waals surface area contributed by atoms with Gasteiger partial charge in [-0.2, -0.15) is 0 Å². The third kappa shape index (κ3) is 4.59. The molecule has 1 heterocycles. The number of aromatic nitrogens is 1. The van der Waals surface area contributed by atoms with E-state index in [9.17, 15) is 18.0 Å². The molecule has 0 radical (unpaired) electrons. The molecule has 138 valence electrons. The van der Waals surface area contributed by atoms with Crippen LogP contribution in [0.25, 0.3) is 0 Å². The van der Waals surface area contributed by atoms with Crippen LogP contribution in [-0.2, 0) is 19.4 Å². The van der Waals surface area contributed by atoms with Gasteiger partial charge >= 0.3 is 5.97 Å². The lowest BCUT2D eigenvalue weighted by atomic mass is 10.2. The Hall–Kier alpha value is -2.45. The molecule has 0 saturated heterocycles. The number of sulfone groups is 1. The van der Waals surface area contributed by atoms with Crippen LogP contribution in [0.1, 0.15) is 24.2 Å². The number of benzene rings is 1. The second-order valence-electron chi connectivity index (χ2n) is 5.28. The van der Waals surface area contributed by atoms with E-state index < -0.39 is 27.8 Å². The highest BCUT2D eigenvalue weighted by molar-refractivity contribution is 7.91. The number of amides is 1. The summed E-state index contributed by atoms with van der Waals surface area (Å²) >= 11 is 5.86. The maximum absolute atomic E-state index is 12.4. The molecular weight excluding hydrogens is 380 g/mol. The van der Waals surface area contributed by atoms with Crippen molar-refractivity contribution in [1.82, 2.24) is 4.98 Å². The lowest BCUT2D eigenvalue weighted by Gasteiger charge is -2.15. The van der Waals surface area contributed by atoms with Crippen molar-refractivity contribution in [3.05, 3.63) is 53.3 Å². The van der Waals surface area contributed by atoms with Crippen molar-refractivity contribution in [3.8, 4) is 0 Å².